The third kappa shape index (κ3) is 7.51. The molecule has 0 atom stereocenters. The zero-order valence-corrected chi connectivity index (χ0v) is 23.8. The number of nitrogens with zero attached hydrogens (tertiary/aromatic N) is 4. The van der Waals surface area contributed by atoms with Gasteiger partial charge < -0.3 is 19.4 Å². The molecule has 0 aliphatic heterocycles. The van der Waals surface area contributed by atoms with Gasteiger partial charge in [0.2, 0.25) is 17.7 Å². The molecule has 1 N–H and O–H groups in total. The fourth-order valence-corrected chi connectivity index (χ4v) is 5.28. The lowest BCUT2D eigenvalue weighted by molar-refractivity contribution is -0.139. The van der Waals surface area contributed by atoms with Crippen molar-refractivity contribution in [3.05, 3.63) is 89.1 Å². The number of aromatic nitrogens is 3. The minimum atomic E-state index is -4.65. The number of halogens is 3. The topological polar surface area (TPSA) is 93.4 Å². The molecule has 0 aliphatic rings. The van der Waals surface area contributed by atoms with E-state index in [2.05, 4.69) is 26.6 Å². The Morgan fingerprint density at radius 1 is 1.00 bits per heavy atom. The first-order valence-electron chi connectivity index (χ1n) is 13.2. The van der Waals surface area contributed by atoms with E-state index in [0.717, 1.165) is 32.4 Å². The van der Waals surface area contributed by atoms with Gasteiger partial charge in [0.05, 0.1) is 28.8 Å². The van der Waals surface area contributed by atoms with Crippen LogP contribution in [0.1, 0.15) is 28.8 Å². The van der Waals surface area contributed by atoms with Crippen LogP contribution in [-0.2, 0) is 23.8 Å². The van der Waals surface area contributed by atoms with Crippen molar-refractivity contribution in [2.75, 3.05) is 32.6 Å². The van der Waals surface area contributed by atoms with E-state index in [9.17, 15) is 18.0 Å². The molecule has 0 radical (unpaired) electrons. The Kier molecular flexibility index (Phi) is 8.83. The van der Waals surface area contributed by atoms with Gasteiger partial charge in [-0.05, 0) is 62.0 Å². The Labute approximate surface area is 244 Å². The average molecular weight is 596 g/mol. The summed E-state index contributed by atoms with van der Waals surface area (Å²) in [6, 6.07) is 19.6. The quantitative estimate of drug-likeness (QED) is 0.175. The van der Waals surface area contributed by atoms with Crippen LogP contribution in [0.25, 0.3) is 21.3 Å². The van der Waals surface area contributed by atoms with Crippen LogP contribution >= 0.6 is 11.3 Å². The number of rotatable bonds is 11. The Morgan fingerprint density at radius 3 is 2.55 bits per heavy atom. The standard InChI is InChI=1S/C30H28F3N5O3S/c1-38(2)13-6-14-40-24-12-10-21(16-22(24)30(31,32)33)34-26(39)17-27-36-37-28(41-27)18-29-35-23-11-9-20(15-25(23)42-29)19-7-4-3-5-8-19/h3-5,7-12,15-16H,6,13-14,17-18H2,1-2H3,(H,34,39). The zero-order chi connectivity index (χ0) is 29.7. The molecular weight excluding hydrogens is 567 g/mol. The molecule has 2 heterocycles. The molecule has 0 fully saturated rings. The van der Waals surface area contributed by atoms with Crippen LogP contribution in [0.2, 0.25) is 0 Å². The number of nitrogens with one attached hydrogen (secondary N) is 1. The Hall–Kier alpha value is -4.29. The fraction of sp³-hybridized carbons (Fsp3) is 0.267. The summed E-state index contributed by atoms with van der Waals surface area (Å²) in [7, 11) is 3.75. The van der Waals surface area contributed by atoms with Crippen LogP contribution in [0.3, 0.4) is 0 Å². The number of fused-ring (bicyclic) bond motifs is 1. The van der Waals surface area contributed by atoms with Gasteiger partial charge in [-0.2, -0.15) is 13.2 Å². The third-order valence-electron chi connectivity index (χ3n) is 6.24. The van der Waals surface area contributed by atoms with Crippen molar-refractivity contribution in [2.45, 2.75) is 25.4 Å². The molecule has 3 aromatic carbocycles. The summed E-state index contributed by atoms with van der Waals surface area (Å²) < 4.78 is 53.0. The lowest BCUT2D eigenvalue weighted by atomic mass is 10.1. The van der Waals surface area contributed by atoms with Gasteiger partial charge in [-0.1, -0.05) is 36.4 Å². The number of thiazole rings is 1. The molecule has 2 aromatic heterocycles. The first-order chi connectivity index (χ1) is 20.1. The van der Waals surface area contributed by atoms with Gasteiger partial charge >= 0.3 is 6.18 Å². The van der Waals surface area contributed by atoms with E-state index in [0.29, 0.717) is 19.4 Å². The molecule has 0 unspecified atom stereocenters. The van der Waals surface area contributed by atoms with E-state index in [1.807, 2.05) is 61.5 Å². The van der Waals surface area contributed by atoms with Gasteiger partial charge in [0.15, 0.2) is 0 Å². The number of amides is 1. The molecule has 0 aliphatic carbocycles. The molecule has 0 saturated heterocycles. The van der Waals surface area contributed by atoms with Crippen LogP contribution in [0.5, 0.6) is 5.75 Å². The number of hydrogen-bond donors (Lipinski definition) is 1. The molecule has 1 amide bonds. The summed E-state index contributed by atoms with van der Waals surface area (Å²) in [5.41, 5.74) is 2.09. The van der Waals surface area contributed by atoms with E-state index in [1.54, 1.807) is 0 Å². The first-order valence-corrected chi connectivity index (χ1v) is 14.0. The van der Waals surface area contributed by atoms with Gasteiger partial charge in [0.25, 0.3) is 0 Å². The lowest BCUT2D eigenvalue weighted by Gasteiger charge is -2.16. The second-order valence-electron chi connectivity index (χ2n) is 9.86. The number of alkyl halides is 3. The summed E-state index contributed by atoms with van der Waals surface area (Å²) in [6.45, 7) is 0.821. The van der Waals surface area contributed by atoms with Crippen LogP contribution < -0.4 is 10.1 Å². The van der Waals surface area contributed by atoms with E-state index < -0.39 is 17.6 Å². The molecule has 42 heavy (non-hydrogen) atoms. The third-order valence-corrected chi connectivity index (χ3v) is 7.26. The van der Waals surface area contributed by atoms with Crippen molar-refractivity contribution >= 4 is 33.1 Å². The van der Waals surface area contributed by atoms with Crippen LogP contribution in [-0.4, -0.2) is 53.2 Å². The number of hydrogen-bond acceptors (Lipinski definition) is 8. The predicted octanol–water partition coefficient (Wildman–Crippen LogP) is 6.47. The maximum absolute atomic E-state index is 13.7. The van der Waals surface area contributed by atoms with Gasteiger partial charge in [-0.25, -0.2) is 4.98 Å². The molecule has 12 heteroatoms. The number of carbonyl (C=O) groups excluding carboxylic acids is 1. The molecule has 0 spiro atoms. The molecule has 0 bridgehead atoms. The summed E-state index contributed by atoms with van der Waals surface area (Å²) in [5, 5.41) is 11.2. The predicted molar refractivity (Wildman–Crippen MR) is 155 cm³/mol. The van der Waals surface area contributed by atoms with Crippen LogP contribution in [0.4, 0.5) is 18.9 Å². The zero-order valence-electron chi connectivity index (χ0n) is 22.9. The highest BCUT2D eigenvalue weighted by Gasteiger charge is 2.35. The summed E-state index contributed by atoms with van der Waals surface area (Å²) in [5.74, 6) is -0.541. The number of benzene rings is 3. The summed E-state index contributed by atoms with van der Waals surface area (Å²) >= 11 is 1.52. The second-order valence-corrected chi connectivity index (χ2v) is 11.0. The second kappa shape index (κ2) is 12.7. The minimum absolute atomic E-state index is 0.0166. The van der Waals surface area contributed by atoms with Crippen LogP contribution in [0.15, 0.2) is 71.1 Å². The van der Waals surface area contributed by atoms with E-state index in [4.69, 9.17) is 9.15 Å². The molecule has 218 valence electrons. The molecule has 0 saturated carbocycles. The number of carbonyl (C=O) groups is 1. The SMILES string of the molecule is CN(C)CCCOc1ccc(NC(=O)Cc2nnc(Cc3nc4ccc(-c5ccccc5)cc4s3)o2)cc1C(F)(F)F. The average Bonchev–Trinajstić information content (AvgIpc) is 3.56. The largest absolute Gasteiger partial charge is 0.493 e. The minimum Gasteiger partial charge on any atom is -0.493 e. The van der Waals surface area contributed by atoms with E-state index in [1.165, 1.54) is 23.5 Å². The van der Waals surface area contributed by atoms with E-state index >= 15 is 0 Å². The molecule has 5 aromatic rings. The van der Waals surface area contributed by atoms with Crippen molar-refractivity contribution in [1.29, 1.82) is 0 Å². The van der Waals surface area contributed by atoms with Crippen molar-refractivity contribution < 1.29 is 27.1 Å². The van der Waals surface area contributed by atoms with Gasteiger partial charge in [0.1, 0.15) is 17.2 Å². The highest BCUT2D eigenvalue weighted by atomic mass is 32.1. The van der Waals surface area contributed by atoms with E-state index in [-0.39, 0.29) is 36.2 Å². The first kappa shape index (κ1) is 29.2. The lowest BCUT2D eigenvalue weighted by Crippen LogP contribution is -2.17. The Morgan fingerprint density at radius 2 is 1.79 bits per heavy atom. The monoisotopic (exact) mass is 595 g/mol. The van der Waals surface area contributed by atoms with Gasteiger partial charge in [0, 0.05) is 12.2 Å². The maximum atomic E-state index is 13.7. The van der Waals surface area contributed by atoms with Crippen molar-refractivity contribution in [3.8, 4) is 16.9 Å². The molecular formula is C30H28F3N5O3S. The van der Waals surface area contributed by atoms with Gasteiger partial charge in [-0.3, -0.25) is 4.79 Å². The summed E-state index contributed by atoms with van der Waals surface area (Å²) in [6.07, 6.45) is -4.08. The van der Waals surface area contributed by atoms with Crippen molar-refractivity contribution in [1.82, 2.24) is 20.1 Å². The maximum Gasteiger partial charge on any atom is 0.420 e. The number of ether oxygens (including phenoxy) is 1. The van der Waals surface area contributed by atoms with Gasteiger partial charge in [-0.15, -0.1) is 21.5 Å². The Balaban J connectivity index is 1.20. The molecule has 8 nitrogen and oxygen atoms in total. The van der Waals surface area contributed by atoms with Crippen LogP contribution in [0, 0.1) is 0 Å². The highest BCUT2D eigenvalue weighted by Crippen LogP contribution is 2.38. The fourth-order valence-electron chi connectivity index (χ4n) is 4.28. The molecule has 5 rings (SSSR count). The smallest absolute Gasteiger partial charge is 0.420 e. The normalized spacial score (nSPS) is 11.8. The Bertz CT molecular complexity index is 1670. The highest BCUT2D eigenvalue weighted by molar-refractivity contribution is 7.18. The van der Waals surface area contributed by atoms with Crippen molar-refractivity contribution in [3.63, 3.8) is 0 Å². The summed E-state index contributed by atoms with van der Waals surface area (Å²) in [4.78, 5) is 19.1. The van der Waals surface area contributed by atoms with Crippen molar-refractivity contribution in [2.24, 2.45) is 0 Å². The number of anilines is 1.